The Kier molecular flexibility index (Phi) is 8.24. The van der Waals surface area contributed by atoms with Crippen LogP contribution in [-0.2, 0) is 9.59 Å². The fourth-order valence-corrected chi connectivity index (χ4v) is 5.92. The second-order valence-corrected chi connectivity index (χ2v) is 10.7. The number of rotatable bonds is 8. The molecule has 0 unspecified atom stereocenters. The Morgan fingerprint density at radius 2 is 1.65 bits per heavy atom. The van der Waals surface area contributed by atoms with Crippen molar-refractivity contribution >= 4 is 23.1 Å². The average molecular weight is 539 g/mol. The SMILES string of the molecule is CCCCCC(=O)N1c2ccccc2NC2=C(C(=O)C[C@H](c3ccc(OC)c(OC)c3)C2)[C@@H]1c1ccc(C)cc1. The number of ketones is 1. The van der Waals surface area contributed by atoms with Gasteiger partial charge in [0.05, 0.1) is 31.6 Å². The van der Waals surface area contributed by atoms with Crippen LogP contribution in [0.5, 0.6) is 11.5 Å². The Labute approximate surface area is 237 Å². The number of allylic oxidation sites excluding steroid dienone is 1. The number of nitrogens with one attached hydrogen (secondary N) is 1. The smallest absolute Gasteiger partial charge is 0.227 e. The lowest BCUT2D eigenvalue weighted by atomic mass is 9.78. The Bertz CT molecular complexity index is 1430. The highest BCUT2D eigenvalue weighted by Gasteiger charge is 2.41. The number of Topliss-reactive ketones (excluding diaryl/α,β-unsaturated/α-hetero) is 1. The van der Waals surface area contributed by atoms with Gasteiger partial charge in [-0.25, -0.2) is 0 Å². The number of hydrogen-bond acceptors (Lipinski definition) is 5. The minimum absolute atomic E-state index is 0.0313. The van der Waals surface area contributed by atoms with Crippen LogP contribution in [0.4, 0.5) is 11.4 Å². The minimum atomic E-state index is -0.500. The van der Waals surface area contributed by atoms with Crippen molar-refractivity contribution in [1.29, 1.82) is 0 Å². The van der Waals surface area contributed by atoms with E-state index in [0.717, 1.165) is 53.0 Å². The van der Waals surface area contributed by atoms with Crippen molar-refractivity contribution in [2.45, 2.75) is 64.3 Å². The number of hydrogen-bond donors (Lipinski definition) is 1. The van der Waals surface area contributed by atoms with E-state index in [-0.39, 0.29) is 17.6 Å². The number of anilines is 2. The minimum Gasteiger partial charge on any atom is -0.493 e. The lowest BCUT2D eigenvalue weighted by Crippen LogP contribution is -2.38. The van der Waals surface area contributed by atoms with Crippen LogP contribution >= 0.6 is 0 Å². The van der Waals surface area contributed by atoms with E-state index in [1.54, 1.807) is 14.2 Å². The van der Waals surface area contributed by atoms with Crippen molar-refractivity contribution in [3.63, 3.8) is 0 Å². The van der Waals surface area contributed by atoms with Gasteiger partial charge in [-0.15, -0.1) is 0 Å². The Hall–Kier alpha value is -4.06. The zero-order valence-electron chi connectivity index (χ0n) is 23.8. The van der Waals surface area contributed by atoms with Crippen molar-refractivity contribution in [3.8, 4) is 11.5 Å². The van der Waals surface area contributed by atoms with Gasteiger partial charge in [0.1, 0.15) is 0 Å². The number of methoxy groups -OCH3 is 2. The van der Waals surface area contributed by atoms with Crippen LogP contribution in [-0.4, -0.2) is 25.9 Å². The molecule has 208 valence electrons. The van der Waals surface area contributed by atoms with Crippen molar-refractivity contribution in [3.05, 3.63) is 94.7 Å². The number of ether oxygens (including phenoxy) is 2. The van der Waals surface area contributed by atoms with Gasteiger partial charge in [-0.05, 0) is 61.1 Å². The fourth-order valence-electron chi connectivity index (χ4n) is 5.92. The summed E-state index contributed by atoms with van der Waals surface area (Å²) in [4.78, 5) is 30.0. The molecule has 2 atom stereocenters. The fraction of sp³-hybridized carbons (Fsp3) is 0.353. The lowest BCUT2D eigenvalue weighted by Gasteiger charge is -2.35. The van der Waals surface area contributed by atoms with Gasteiger partial charge in [0.2, 0.25) is 5.91 Å². The maximum absolute atomic E-state index is 14.2. The molecule has 6 nitrogen and oxygen atoms in total. The highest BCUT2D eigenvalue weighted by atomic mass is 16.5. The third-order valence-corrected chi connectivity index (χ3v) is 8.02. The number of nitrogens with zero attached hydrogens (tertiary/aromatic N) is 1. The molecular formula is C34H38N2O4. The van der Waals surface area contributed by atoms with Crippen LogP contribution in [0.15, 0.2) is 78.0 Å². The van der Waals surface area contributed by atoms with E-state index in [2.05, 4.69) is 36.5 Å². The Morgan fingerprint density at radius 1 is 0.925 bits per heavy atom. The van der Waals surface area contributed by atoms with E-state index in [9.17, 15) is 9.59 Å². The van der Waals surface area contributed by atoms with Crippen molar-refractivity contribution in [2.75, 3.05) is 24.4 Å². The summed E-state index contributed by atoms with van der Waals surface area (Å²) in [5, 5.41) is 3.61. The number of amides is 1. The third-order valence-electron chi connectivity index (χ3n) is 8.02. The van der Waals surface area contributed by atoms with Gasteiger partial charge in [-0.3, -0.25) is 14.5 Å². The number of aryl methyl sites for hydroxylation is 1. The van der Waals surface area contributed by atoms with Crippen molar-refractivity contribution < 1.29 is 19.1 Å². The van der Waals surface area contributed by atoms with E-state index in [1.807, 2.05) is 54.3 Å². The summed E-state index contributed by atoms with van der Waals surface area (Å²) in [6.07, 6.45) is 4.29. The molecule has 6 heteroatoms. The summed E-state index contributed by atoms with van der Waals surface area (Å²) in [5.74, 6) is 1.37. The second-order valence-electron chi connectivity index (χ2n) is 10.7. The normalized spacial score (nSPS) is 18.4. The maximum Gasteiger partial charge on any atom is 0.227 e. The quantitative estimate of drug-likeness (QED) is 0.301. The first-order chi connectivity index (χ1) is 19.4. The zero-order chi connectivity index (χ0) is 28.2. The molecule has 0 saturated heterocycles. The predicted molar refractivity (Wildman–Crippen MR) is 159 cm³/mol. The summed E-state index contributed by atoms with van der Waals surface area (Å²) in [6, 6.07) is 21.5. The van der Waals surface area contributed by atoms with Crippen molar-refractivity contribution in [2.24, 2.45) is 0 Å². The van der Waals surface area contributed by atoms with Crippen LogP contribution in [0.3, 0.4) is 0 Å². The second kappa shape index (κ2) is 12.0. The first-order valence-electron chi connectivity index (χ1n) is 14.2. The van der Waals surface area contributed by atoms with Gasteiger partial charge in [0.25, 0.3) is 0 Å². The molecule has 0 radical (unpaired) electrons. The molecule has 0 spiro atoms. The van der Waals surface area contributed by atoms with Gasteiger partial charge < -0.3 is 14.8 Å². The molecule has 0 fully saturated rings. The van der Waals surface area contributed by atoms with E-state index in [1.165, 1.54) is 0 Å². The molecule has 2 aliphatic rings. The van der Waals surface area contributed by atoms with E-state index in [4.69, 9.17) is 9.47 Å². The Balaban J connectivity index is 1.64. The van der Waals surface area contributed by atoms with Gasteiger partial charge >= 0.3 is 0 Å². The summed E-state index contributed by atoms with van der Waals surface area (Å²) in [7, 11) is 3.24. The van der Waals surface area contributed by atoms with Gasteiger partial charge in [-0.1, -0.05) is 67.8 Å². The molecular weight excluding hydrogens is 500 g/mol. The molecule has 0 saturated carbocycles. The zero-order valence-corrected chi connectivity index (χ0v) is 23.8. The molecule has 1 heterocycles. The number of unbranched alkanes of at least 4 members (excludes halogenated alkanes) is 2. The van der Waals surface area contributed by atoms with Gasteiger partial charge in [0, 0.05) is 24.1 Å². The first kappa shape index (κ1) is 27.5. The summed E-state index contributed by atoms with van der Waals surface area (Å²) < 4.78 is 11.0. The van der Waals surface area contributed by atoms with Crippen LogP contribution in [0.2, 0.25) is 0 Å². The lowest BCUT2D eigenvalue weighted by molar-refractivity contribution is -0.119. The standard InChI is InChI=1S/C34H38N2O4/c1-5-6-7-12-32(38)36-28-11-9-8-10-26(28)35-27-19-25(24-17-18-30(39-3)31(21-24)40-4)20-29(37)33(27)34(36)23-15-13-22(2)14-16-23/h8-11,13-18,21,25,34-35H,5-7,12,19-20H2,1-4H3/t25-,34+/m1/s1. The molecule has 1 N–H and O–H groups in total. The third kappa shape index (κ3) is 5.35. The van der Waals surface area contributed by atoms with Gasteiger partial charge in [0.15, 0.2) is 17.3 Å². The molecule has 1 aliphatic heterocycles. The number of benzene rings is 3. The maximum atomic E-state index is 14.2. The molecule has 3 aromatic carbocycles. The first-order valence-corrected chi connectivity index (χ1v) is 14.2. The molecule has 1 aliphatic carbocycles. The highest BCUT2D eigenvalue weighted by Crippen LogP contribution is 2.48. The summed E-state index contributed by atoms with van der Waals surface area (Å²) in [5.41, 5.74) is 6.30. The van der Waals surface area contributed by atoms with E-state index < -0.39 is 6.04 Å². The molecule has 5 rings (SSSR count). The number of para-hydroxylation sites is 2. The van der Waals surface area contributed by atoms with Crippen LogP contribution in [0.25, 0.3) is 0 Å². The highest BCUT2D eigenvalue weighted by molar-refractivity contribution is 6.06. The topological polar surface area (TPSA) is 67.9 Å². The van der Waals surface area contributed by atoms with Crippen LogP contribution < -0.4 is 19.7 Å². The average Bonchev–Trinajstić information content (AvgIpc) is 3.12. The van der Waals surface area contributed by atoms with Crippen LogP contribution in [0, 0.1) is 6.92 Å². The summed E-state index contributed by atoms with van der Waals surface area (Å²) in [6.45, 7) is 4.18. The molecule has 0 aromatic heterocycles. The summed E-state index contributed by atoms with van der Waals surface area (Å²) >= 11 is 0. The van der Waals surface area contributed by atoms with Crippen molar-refractivity contribution in [1.82, 2.24) is 0 Å². The monoisotopic (exact) mass is 538 g/mol. The Morgan fingerprint density at radius 3 is 2.38 bits per heavy atom. The van der Waals surface area contributed by atoms with E-state index >= 15 is 0 Å². The number of carbonyl (C=O) groups is 2. The molecule has 3 aromatic rings. The van der Waals surface area contributed by atoms with Crippen LogP contribution in [0.1, 0.15) is 74.1 Å². The number of carbonyl (C=O) groups excluding carboxylic acids is 2. The molecule has 40 heavy (non-hydrogen) atoms. The predicted octanol–water partition coefficient (Wildman–Crippen LogP) is 7.49. The molecule has 1 amide bonds. The molecule has 0 bridgehead atoms. The number of fused-ring (bicyclic) bond motifs is 1. The largest absolute Gasteiger partial charge is 0.493 e. The van der Waals surface area contributed by atoms with Gasteiger partial charge in [-0.2, -0.15) is 0 Å². The van der Waals surface area contributed by atoms with E-state index in [0.29, 0.717) is 36.3 Å².